The van der Waals surface area contributed by atoms with Gasteiger partial charge in [0.2, 0.25) is 5.91 Å². The lowest BCUT2D eigenvalue weighted by Crippen LogP contribution is -2.34. The number of rotatable bonds is 3. The lowest BCUT2D eigenvalue weighted by molar-refractivity contribution is -0.137. The molecule has 1 amide bonds. The van der Waals surface area contributed by atoms with E-state index in [4.69, 9.17) is 0 Å². The number of nitrogens with zero attached hydrogens (tertiary/aromatic N) is 1. The summed E-state index contributed by atoms with van der Waals surface area (Å²) in [5, 5.41) is 3.12. The molecule has 1 aromatic carbocycles. The Morgan fingerprint density at radius 3 is 2.43 bits per heavy atom. The molecule has 1 N–H and O–H groups in total. The fourth-order valence-corrected chi connectivity index (χ4v) is 2.32. The van der Waals surface area contributed by atoms with Gasteiger partial charge in [-0.25, -0.2) is 0 Å². The smallest absolute Gasteiger partial charge is 0.341 e. The molecule has 0 aromatic heterocycles. The van der Waals surface area contributed by atoms with Crippen molar-refractivity contribution < 1.29 is 18.0 Å². The van der Waals surface area contributed by atoms with Crippen LogP contribution in [0.2, 0.25) is 0 Å². The molecule has 1 unspecified atom stereocenters. The third kappa shape index (κ3) is 4.61. The van der Waals surface area contributed by atoms with Gasteiger partial charge in [0.15, 0.2) is 0 Å². The average molecular weight is 323 g/mol. The number of nitrogens with one attached hydrogen (secondary N) is 1. The predicted molar refractivity (Wildman–Crippen MR) is 76.4 cm³/mol. The summed E-state index contributed by atoms with van der Waals surface area (Å²) in [7, 11) is 1.86. The van der Waals surface area contributed by atoms with E-state index in [-0.39, 0.29) is 24.7 Å². The lowest BCUT2D eigenvalue weighted by Gasteiger charge is -2.16. The molecule has 0 spiro atoms. The van der Waals surface area contributed by atoms with Gasteiger partial charge in [-0.05, 0) is 31.2 Å². The quantitative estimate of drug-likeness (QED) is 0.927. The monoisotopic (exact) mass is 322 g/mol. The first-order chi connectivity index (χ1) is 9.40. The topological polar surface area (TPSA) is 32.3 Å². The molecule has 0 bridgehead atoms. The Balaban J connectivity index is 0.00000220. The lowest BCUT2D eigenvalue weighted by atomic mass is 10.1. The molecule has 3 nitrogen and oxygen atoms in total. The number of carbonyl (C=O) groups excluding carboxylic acids is 1. The van der Waals surface area contributed by atoms with Crippen LogP contribution in [-0.2, 0) is 17.4 Å². The highest BCUT2D eigenvalue weighted by Gasteiger charge is 2.30. The van der Waals surface area contributed by atoms with Crippen LogP contribution < -0.4 is 5.32 Å². The third-order valence-corrected chi connectivity index (χ3v) is 3.59. The molecular formula is C14H18ClF3N2O. The first-order valence-electron chi connectivity index (χ1n) is 6.51. The number of hydrogen-bond donors (Lipinski definition) is 1. The second kappa shape index (κ2) is 7.13. The van der Waals surface area contributed by atoms with Gasteiger partial charge in [0.05, 0.1) is 12.0 Å². The molecule has 1 saturated heterocycles. The Labute approximate surface area is 127 Å². The minimum Gasteiger partial charge on any atom is -0.341 e. The summed E-state index contributed by atoms with van der Waals surface area (Å²) in [6, 6.07) is 5.08. The van der Waals surface area contributed by atoms with Crippen LogP contribution in [0.1, 0.15) is 17.5 Å². The SMILES string of the molecule is CNC1CCN(C(=O)Cc2ccc(C(F)(F)F)cc2)C1.Cl. The molecule has 0 aliphatic carbocycles. The molecule has 1 fully saturated rings. The van der Waals surface area contributed by atoms with Crippen molar-refractivity contribution in [3.8, 4) is 0 Å². The first kappa shape index (κ1) is 17.8. The van der Waals surface area contributed by atoms with E-state index in [2.05, 4.69) is 5.32 Å². The Morgan fingerprint density at radius 2 is 1.95 bits per heavy atom. The van der Waals surface area contributed by atoms with E-state index in [1.54, 1.807) is 4.90 Å². The number of carbonyl (C=O) groups is 1. The zero-order valence-electron chi connectivity index (χ0n) is 11.6. The molecule has 1 aromatic rings. The van der Waals surface area contributed by atoms with Gasteiger partial charge in [-0.15, -0.1) is 12.4 Å². The van der Waals surface area contributed by atoms with Gasteiger partial charge in [-0.3, -0.25) is 4.79 Å². The number of hydrogen-bond acceptors (Lipinski definition) is 2. The Bertz CT molecular complexity index is 476. The van der Waals surface area contributed by atoms with Crippen LogP contribution in [0.15, 0.2) is 24.3 Å². The van der Waals surface area contributed by atoms with E-state index in [1.165, 1.54) is 12.1 Å². The maximum atomic E-state index is 12.4. The Kier molecular flexibility index (Phi) is 6.04. The minimum atomic E-state index is -4.34. The molecule has 118 valence electrons. The van der Waals surface area contributed by atoms with Crippen molar-refractivity contribution in [1.29, 1.82) is 0 Å². The molecule has 0 radical (unpaired) electrons. The van der Waals surface area contributed by atoms with E-state index >= 15 is 0 Å². The zero-order valence-corrected chi connectivity index (χ0v) is 12.4. The standard InChI is InChI=1S/C14H17F3N2O.ClH/c1-18-12-6-7-19(9-12)13(20)8-10-2-4-11(5-3-10)14(15,16)17;/h2-5,12,18H,6-9H2,1H3;1H. The van der Waals surface area contributed by atoms with Crippen molar-refractivity contribution in [2.75, 3.05) is 20.1 Å². The number of amides is 1. The second-order valence-electron chi connectivity index (χ2n) is 4.99. The molecule has 21 heavy (non-hydrogen) atoms. The van der Waals surface area contributed by atoms with Crippen molar-refractivity contribution in [3.63, 3.8) is 0 Å². The van der Waals surface area contributed by atoms with Crippen molar-refractivity contribution in [3.05, 3.63) is 35.4 Å². The van der Waals surface area contributed by atoms with Crippen LogP contribution in [0.3, 0.4) is 0 Å². The summed E-state index contributed by atoms with van der Waals surface area (Å²) in [6.07, 6.45) is -3.28. The maximum Gasteiger partial charge on any atom is 0.416 e. The zero-order chi connectivity index (χ0) is 14.8. The number of likely N-dealkylation sites (tertiary alicyclic amines) is 1. The summed E-state index contributed by atoms with van der Waals surface area (Å²) in [5.74, 6) is -0.0393. The van der Waals surface area contributed by atoms with Gasteiger partial charge >= 0.3 is 6.18 Å². The van der Waals surface area contributed by atoms with E-state index in [9.17, 15) is 18.0 Å². The Morgan fingerprint density at radius 1 is 1.33 bits per heavy atom. The fourth-order valence-electron chi connectivity index (χ4n) is 2.32. The summed E-state index contributed by atoms with van der Waals surface area (Å²) in [4.78, 5) is 13.8. The highest BCUT2D eigenvalue weighted by atomic mass is 35.5. The molecule has 2 rings (SSSR count). The van der Waals surface area contributed by atoms with Crippen LogP contribution in [0.5, 0.6) is 0 Å². The summed E-state index contributed by atoms with van der Waals surface area (Å²) in [6.45, 7) is 1.36. The average Bonchev–Trinajstić information content (AvgIpc) is 2.87. The van der Waals surface area contributed by atoms with E-state index in [1.807, 2.05) is 7.05 Å². The second-order valence-corrected chi connectivity index (χ2v) is 4.99. The van der Waals surface area contributed by atoms with Crippen molar-refractivity contribution in [2.24, 2.45) is 0 Å². The van der Waals surface area contributed by atoms with Gasteiger partial charge in [0, 0.05) is 19.1 Å². The fraction of sp³-hybridized carbons (Fsp3) is 0.500. The number of alkyl halides is 3. The molecule has 1 heterocycles. The van der Waals surface area contributed by atoms with Gasteiger partial charge in [0.1, 0.15) is 0 Å². The molecule has 1 aliphatic heterocycles. The van der Waals surface area contributed by atoms with E-state index in [0.717, 1.165) is 18.6 Å². The molecule has 0 saturated carbocycles. The van der Waals surface area contributed by atoms with E-state index < -0.39 is 11.7 Å². The number of benzene rings is 1. The third-order valence-electron chi connectivity index (χ3n) is 3.59. The van der Waals surface area contributed by atoms with Crippen LogP contribution in [0.4, 0.5) is 13.2 Å². The van der Waals surface area contributed by atoms with Gasteiger partial charge < -0.3 is 10.2 Å². The minimum absolute atomic E-state index is 0. The predicted octanol–water partition coefficient (Wildman–Crippen LogP) is 2.49. The normalized spacial score (nSPS) is 18.5. The van der Waals surface area contributed by atoms with Gasteiger partial charge in [0.25, 0.3) is 0 Å². The highest BCUT2D eigenvalue weighted by Crippen LogP contribution is 2.29. The Hall–Kier alpha value is -1.27. The number of halogens is 4. The first-order valence-corrected chi connectivity index (χ1v) is 6.51. The molecular weight excluding hydrogens is 305 g/mol. The van der Waals surface area contributed by atoms with Crippen molar-refractivity contribution in [1.82, 2.24) is 10.2 Å². The highest BCUT2D eigenvalue weighted by molar-refractivity contribution is 5.85. The maximum absolute atomic E-state index is 12.4. The largest absolute Gasteiger partial charge is 0.416 e. The van der Waals surface area contributed by atoms with Crippen LogP contribution in [-0.4, -0.2) is 37.0 Å². The molecule has 7 heteroatoms. The summed E-state index contributed by atoms with van der Waals surface area (Å²) >= 11 is 0. The van der Waals surface area contributed by atoms with Crippen LogP contribution in [0.25, 0.3) is 0 Å². The van der Waals surface area contributed by atoms with Gasteiger partial charge in [-0.1, -0.05) is 12.1 Å². The van der Waals surface area contributed by atoms with Crippen molar-refractivity contribution in [2.45, 2.75) is 25.1 Å². The molecule has 1 aliphatic rings. The van der Waals surface area contributed by atoms with Crippen LogP contribution in [0, 0.1) is 0 Å². The summed E-state index contributed by atoms with van der Waals surface area (Å²) < 4.78 is 37.3. The van der Waals surface area contributed by atoms with Gasteiger partial charge in [-0.2, -0.15) is 13.2 Å². The molecule has 1 atom stereocenters. The summed E-state index contributed by atoms with van der Waals surface area (Å²) in [5.41, 5.74) is -0.0824. The van der Waals surface area contributed by atoms with E-state index in [0.29, 0.717) is 24.7 Å². The van der Waals surface area contributed by atoms with Crippen molar-refractivity contribution >= 4 is 18.3 Å². The van der Waals surface area contributed by atoms with Crippen LogP contribution >= 0.6 is 12.4 Å². The number of likely N-dealkylation sites (N-methyl/N-ethyl adjacent to an activating group) is 1.